The van der Waals surface area contributed by atoms with E-state index in [4.69, 9.17) is 0 Å². The van der Waals surface area contributed by atoms with Gasteiger partial charge in [0.25, 0.3) is 17.5 Å². The van der Waals surface area contributed by atoms with E-state index in [1.807, 2.05) is 30.3 Å². The number of nitrogens with one attached hydrogen (secondary N) is 2. The van der Waals surface area contributed by atoms with E-state index in [-0.39, 0.29) is 17.2 Å². The van der Waals surface area contributed by atoms with Crippen LogP contribution >= 0.6 is 11.8 Å². The highest BCUT2D eigenvalue weighted by Crippen LogP contribution is 2.22. The van der Waals surface area contributed by atoms with Crippen molar-refractivity contribution in [1.82, 2.24) is 10.9 Å². The number of nitro benzene ring substituents is 1. The maximum atomic E-state index is 12.0. The van der Waals surface area contributed by atoms with Crippen molar-refractivity contribution in [3.63, 3.8) is 0 Å². The molecule has 0 fully saturated rings. The van der Waals surface area contributed by atoms with Crippen LogP contribution in [0.2, 0.25) is 0 Å². The van der Waals surface area contributed by atoms with E-state index in [0.717, 1.165) is 11.0 Å². The topological polar surface area (TPSA) is 101 Å². The fourth-order valence-corrected chi connectivity index (χ4v) is 2.70. The van der Waals surface area contributed by atoms with Gasteiger partial charge in [0.1, 0.15) is 0 Å². The summed E-state index contributed by atoms with van der Waals surface area (Å²) < 4.78 is 0. The summed E-state index contributed by atoms with van der Waals surface area (Å²) in [4.78, 5) is 35.0. The van der Waals surface area contributed by atoms with E-state index >= 15 is 0 Å². The van der Waals surface area contributed by atoms with Crippen LogP contribution in [0.25, 0.3) is 0 Å². The summed E-state index contributed by atoms with van der Waals surface area (Å²) in [6.45, 7) is 1.71. The van der Waals surface area contributed by atoms with Gasteiger partial charge in [0.05, 0.1) is 10.2 Å². The Balaban J connectivity index is 1.90. The molecule has 7 nitrogen and oxygen atoms in total. The molecule has 0 spiro atoms. The highest BCUT2D eigenvalue weighted by atomic mass is 32.2. The minimum atomic E-state index is -0.621. The van der Waals surface area contributed by atoms with Gasteiger partial charge < -0.3 is 0 Å². The van der Waals surface area contributed by atoms with E-state index in [1.165, 1.54) is 30.0 Å². The number of benzene rings is 2. The van der Waals surface area contributed by atoms with Crippen molar-refractivity contribution in [3.05, 3.63) is 70.3 Å². The van der Waals surface area contributed by atoms with Crippen molar-refractivity contribution in [2.75, 3.05) is 0 Å². The standard InChI is InChI=1S/C16H15N3O4S/c1-11(24-14-8-3-2-4-9-14)15(20)17-18-16(21)12-6-5-7-13(10-12)19(22)23/h2-11H,1H3,(H,17,20)(H,18,21). The molecular weight excluding hydrogens is 330 g/mol. The van der Waals surface area contributed by atoms with Crippen molar-refractivity contribution in [2.24, 2.45) is 0 Å². The average Bonchev–Trinajstić information content (AvgIpc) is 2.60. The molecule has 1 unspecified atom stereocenters. The molecule has 0 aliphatic carbocycles. The van der Waals surface area contributed by atoms with Crippen LogP contribution in [0.1, 0.15) is 17.3 Å². The quantitative estimate of drug-likeness (QED) is 0.493. The van der Waals surface area contributed by atoms with Crippen LogP contribution < -0.4 is 10.9 Å². The molecule has 2 amide bonds. The van der Waals surface area contributed by atoms with Gasteiger partial charge in [-0.2, -0.15) is 0 Å². The van der Waals surface area contributed by atoms with Crippen LogP contribution in [0.4, 0.5) is 5.69 Å². The normalized spacial score (nSPS) is 11.4. The molecule has 2 aromatic carbocycles. The maximum Gasteiger partial charge on any atom is 0.270 e. The minimum Gasteiger partial charge on any atom is -0.272 e. The first-order chi connectivity index (χ1) is 11.5. The van der Waals surface area contributed by atoms with Crippen LogP contribution in [0, 0.1) is 10.1 Å². The Labute approximate surface area is 142 Å². The molecule has 2 aromatic rings. The summed E-state index contributed by atoms with van der Waals surface area (Å²) in [6, 6.07) is 14.7. The van der Waals surface area contributed by atoms with Gasteiger partial charge in [0, 0.05) is 22.6 Å². The molecule has 0 saturated carbocycles. The molecule has 0 aromatic heterocycles. The smallest absolute Gasteiger partial charge is 0.270 e. The highest BCUT2D eigenvalue weighted by molar-refractivity contribution is 8.00. The molecule has 0 radical (unpaired) electrons. The summed E-state index contributed by atoms with van der Waals surface area (Å²) in [6.07, 6.45) is 0. The van der Waals surface area contributed by atoms with Gasteiger partial charge in [-0.05, 0) is 25.1 Å². The molecule has 2 N–H and O–H groups in total. The second kappa shape index (κ2) is 8.11. The molecule has 124 valence electrons. The molecule has 0 aliphatic rings. The molecule has 2 rings (SSSR count). The Hall–Kier alpha value is -2.87. The fourth-order valence-electron chi connectivity index (χ4n) is 1.81. The molecule has 24 heavy (non-hydrogen) atoms. The SMILES string of the molecule is CC(Sc1ccccc1)C(=O)NNC(=O)c1cccc([N+](=O)[O-])c1. The Kier molecular flexibility index (Phi) is 5.91. The van der Waals surface area contributed by atoms with Crippen LogP contribution in [0.3, 0.4) is 0 Å². The Morgan fingerprint density at radius 2 is 1.79 bits per heavy atom. The summed E-state index contributed by atoms with van der Waals surface area (Å²) >= 11 is 1.35. The zero-order chi connectivity index (χ0) is 17.5. The molecule has 0 bridgehead atoms. The molecule has 0 heterocycles. The molecule has 0 saturated heterocycles. The van der Waals surface area contributed by atoms with E-state index in [2.05, 4.69) is 10.9 Å². The zero-order valence-corrected chi connectivity index (χ0v) is 13.6. The number of hydrazine groups is 1. The molecule has 8 heteroatoms. The van der Waals surface area contributed by atoms with Crippen molar-refractivity contribution in [1.29, 1.82) is 0 Å². The first-order valence-corrected chi connectivity index (χ1v) is 7.91. The monoisotopic (exact) mass is 345 g/mol. The summed E-state index contributed by atoms with van der Waals surface area (Å²) in [5.74, 6) is -0.994. The zero-order valence-electron chi connectivity index (χ0n) is 12.8. The lowest BCUT2D eigenvalue weighted by Crippen LogP contribution is -2.44. The molecule has 1 atom stereocenters. The van der Waals surface area contributed by atoms with Gasteiger partial charge in [-0.15, -0.1) is 11.8 Å². The summed E-state index contributed by atoms with van der Waals surface area (Å²) in [5, 5.41) is 10.3. The van der Waals surface area contributed by atoms with Crippen LogP contribution in [0.15, 0.2) is 59.5 Å². The Bertz CT molecular complexity index is 752. The summed E-state index contributed by atoms with van der Waals surface area (Å²) in [7, 11) is 0. The third-order valence-corrected chi connectivity index (χ3v) is 4.16. The van der Waals surface area contributed by atoms with Crippen LogP contribution in [0.5, 0.6) is 0 Å². The number of non-ortho nitro benzene ring substituents is 1. The Morgan fingerprint density at radius 1 is 1.08 bits per heavy atom. The lowest BCUT2D eigenvalue weighted by Gasteiger charge is -2.12. The largest absolute Gasteiger partial charge is 0.272 e. The number of nitro groups is 1. The predicted molar refractivity (Wildman–Crippen MR) is 90.5 cm³/mol. The number of nitrogens with zero attached hydrogens (tertiary/aromatic N) is 1. The predicted octanol–water partition coefficient (Wildman–Crippen LogP) is 2.54. The highest BCUT2D eigenvalue weighted by Gasteiger charge is 2.16. The fraction of sp³-hybridized carbons (Fsp3) is 0.125. The molecule has 0 aliphatic heterocycles. The number of rotatable bonds is 5. The van der Waals surface area contributed by atoms with E-state index in [1.54, 1.807) is 6.92 Å². The number of carbonyl (C=O) groups is 2. The minimum absolute atomic E-state index is 0.0906. The lowest BCUT2D eigenvalue weighted by atomic mass is 10.2. The number of amides is 2. The van der Waals surface area contributed by atoms with Gasteiger partial charge in [0.2, 0.25) is 0 Å². The number of thioether (sulfide) groups is 1. The van der Waals surface area contributed by atoms with Crippen LogP contribution in [-0.2, 0) is 4.79 Å². The second-order valence-corrected chi connectivity index (χ2v) is 6.24. The lowest BCUT2D eigenvalue weighted by molar-refractivity contribution is -0.384. The number of hydrogen-bond acceptors (Lipinski definition) is 5. The van der Waals surface area contributed by atoms with Crippen molar-refractivity contribution in [3.8, 4) is 0 Å². The number of hydrogen-bond donors (Lipinski definition) is 2. The third-order valence-electron chi connectivity index (χ3n) is 3.04. The van der Waals surface area contributed by atoms with Gasteiger partial charge in [-0.3, -0.25) is 30.6 Å². The first kappa shape index (κ1) is 17.5. The van der Waals surface area contributed by atoms with Crippen molar-refractivity contribution in [2.45, 2.75) is 17.1 Å². The summed E-state index contributed by atoms with van der Waals surface area (Å²) in [5.41, 5.74) is 4.48. The van der Waals surface area contributed by atoms with Crippen LogP contribution in [-0.4, -0.2) is 22.0 Å². The van der Waals surface area contributed by atoms with E-state index in [9.17, 15) is 19.7 Å². The second-order valence-electron chi connectivity index (χ2n) is 4.82. The van der Waals surface area contributed by atoms with Gasteiger partial charge in [0.15, 0.2) is 0 Å². The van der Waals surface area contributed by atoms with Gasteiger partial charge >= 0.3 is 0 Å². The van der Waals surface area contributed by atoms with Crippen molar-refractivity contribution >= 4 is 29.3 Å². The molecular formula is C16H15N3O4S. The first-order valence-electron chi connectivity index (χ1n) is 7.03. The third kappa shape index (κ3) is 4.82. The van der Waals surface area contributed by atoms with Gasteiger partial charge in [-0.1, -0.05) is 24.3 Å². The van der Waals surface area contributed by atoms with Crippen molar-refractivity contribution < 1.29 is 14.5 Å². The van der Waals surface area contributed by atoms with E-state index in [0.29, 0.717) is 0 Å². The average molecular weight is 345 g/mol. The maximum absolute atomic E-state index is 12.0. The Morgan fingerprint density at radius 3 is 2.46 bits per heavy atom. The number of carbonyl (C=O) groups excluding carboxylic acids is 2. The van der Waals surface area contributed by atoms with Gasteiger partial charge in [-0.25, -0.2) is 0 Å². The van der Waals surface area contributed by atoms with E-state index < -0.39 is 16.1 Å².